The number of furan rings is 1. The van der Waals surface area contributed by atoms with Crippen LogP contribution >= 0.6 is 0 Å². The third-order valence-electron chi connectivity index (χ3n) is 12.8. The summed E-state index contributed by atoms with van der Waals surface area (Å²) >= 11 is 0. The van der Waals surface area contributed by atoms with Crippen LogP contribution in [0, 0.1) is 0 Å². The molecule has 0 fully saturated rings. The average molecular weight is 754 g/mol. The van der Waals surface area contributed by atoms with E-state index in [-0.39, 0.29) is 5.41 Å². The molecule has 0 aliphatic heterocycles. The Morgan fingerprint density at radius 3 is 1.63 bits per heavy atom. The summed E-state index contributed by atoms with van der Waals surface area (Å²) in [6, 6.07) is 72.9. The summed E-state index contributed by atoms with van der Waals surface area (Å²) in [7, 11) is 0. The second kappa shape index (κ2) is 12.8. The molecule has 1 aliphatic carbocycles. The van der Waals surface area contributed by atoms with Gasteiger partial charge in [-0.3, -0.25) is 0 Å². The van der Waals surface area contributed by atoms with Gasteiger partial charge in [0.1, 0.15) is 11.2 Å². The summed E-state index contributed by atoms with van der Waals surface area (Å²) in [5.41, 5.74) is 17.5. The van der Waals surface area contributed by atoms with Crippen molar-refractivity contribution in [3.63, 3.8) is 0 Å². The molecule has 1 aromatic heterocycles. The first-order valence-corrected chi connectivity index (χ1v) is 20.5. The van der Waals surface area contributed by atoms with Crippen molar-refractivity contribution in [2.45, 2.75) is 19.3 Å². The summed E-state index contributed by atoms with van der Waals surface area (Å²) in [6.07, 6.45) is 0. The van der Waals surface area contributed by atoms with Gasteiger partial charge in [0.05, 0.1) is 0 Å². The molecule has 0 radical (unpaired) electrons. The maximum Gasteiger partial charge on any atom is 0.143 e. The summed E-state index contributed by atoms with van der Waals surface area (Å²) in [5.74, 6) is 0. The Balaban J connectivity index is 0.999. The van der Waals surface area contributed by atoms with E-state index in [4.69, 9.17) is 4.42 Å². The standard InChI is InChI=1S/C57H39NO/c1-57(2)50-21-11-19-43(38-15-7-4-8-16-38)53(50)49-32-31-42(35-51(49)57)58(40-27-23-37(24-28-40)36-13-5-3-6-14-36)41-29-25-39(26-30-41)44-33-34-48-46-18-10-9-17-45(46)47-20-12-22-52-54(47)55(48)56(44)59-52/h3-35H,1-2H3. The van der Waals surface area contributed by atoms with Crippen molar-refractivity contribution in [3.8, 4) is 44.5 Å². The van der Waals surface area contributed by atoms with Crippen LogP contribution in [0.1, 0.15) is 25.0 Å². The van der Waals surface area contributed by atoms with Gasteiger partial charge in [0.25, 0.3) is 0 Å². The minimum atomic E-state index is -0.175. The van der Waals surface area contributed by atoms with Gasteiger partial charge >= 0.3 is 0 Å². The van der Waals surface area contributed by atoms with Gasteiger partial charge in [-0.1, -0.05) is 166 Å². The van der Waals surface area contributed by atoms with Gasteiger partial charge in [-0.15, -0.1) is 0 Å². The van der Waals surface area contributed by atoms with Gasteiger partial charge in [0.15, 0.2) is 0 Å². The Bertz CT molecular complexity index is 3380. The monoisotopic (exact) mass is 753 g/mol. The van der Waals surface area contributed by atoms with E-state index in [1.165, 1.54) is 76.8 Å². The van der Waals surface area contributed by atoms with Crippen molar-refractivity contribution in [2.75, 3.05) is 4.90 Å². The van der Waals surface area contributed by atoms with Gasteiger partial charge < -0.3 is 9.32 Å². The van der Waals surface area contributed by atoms with Crippen LogP contribution in [-0.4, -0.2) is 0 Å². The first kappa shape index (κ1) is 33.7. The van der Waals surface area contributed by atoms with Gasteiger partial charge in [-0.25, -0.2) is 0 Å². The number of rotatable bonds is 6. The Morgan fingerprint density at radius 2 is 0.915 bits per heavy atom. The summed E-state index contributed by atoms with van der Waals surface area (Å²) in [4.78, 5) is 2.40. The third kappa shape index (κ3) is 5.06. The molecule has 0 unspecified atom stereocenters. The van der Waals surface area contributed by atoms with Crippen molar-refractivity contribution < 1.29 is 4.42 Å². The largest absolute Gasteiger partial charge is 0.455 e. The normalized spacial score (nSPS) is 13.1. The molecule has 1 aliphatic rings. The lowest BCUT2D eigenvalue weighted by Crippen LogP contribution is -2.16. The van der Waals surface area contributed by atoms with Crippen LogP contribution in [0.15, 0.2) is 205 Å². The molecule has 10 aromatic carbocycles. The molecule has 0 N–H and O–H groups in total. The first-order valence-electron chi connectivity index (χ1n) is 20.5. The predicted molar refractivity (Wildman–Crippen MR) is 248 cm³/mol. The highest BCUT2D eigenvalue weighted by atomic mass is 16.3. The van der Waals surface area contributed by atoms with Crippen LogP contribution in [-0.2, 0) is 5.41 Å². The molecule has 12 rings (SSSR count). The van der Waals surface area contributed by atoms with Gasteiger partial charge in [0, 0.05) is 38.8 Å². The third-order valence-corrected chi connectivity index (χ3v) is 12.8. The second-order valence-electron chi connectivity index (χ2n) is 16.4. The summed E-state index contributed by atoms with van der Waals surface area (Å²) in [6.45, 7) is 4.74. The molecule has 11 aromatic rings. The molecule has 0 spiro atoms. The molecule has 59 heavy (non-hydrogen) atoms. The van der Waals surface area contributed by atoms with Crippen molar-refractivity contribution in [1.82, 2.24) is 0 Å². The van der Waals surface area contributed by atoms with Crippen molar-refractivity contribution in [3.05, 3.63) is 211 Å². The Labute approximate surface area is 343 Å². The molecule has 0 saturated heterocycles. The van der Waals surface area contributed by atoms with Crippen LogP contribution in [0.4, 0.5) is 17.1 Å². The minimum absolute atomic E-state index is 0.175. The molecule has 1 heterocycles. The highest BCUT2D eigenvalue weighted by molar-refractivity contribution is 6.34. The fourth-order valence-electron chi connectivity index (χ4n) is 9.99. The van der Waals surface area contributed by atoms with Gasteiger partial charge in [-0.05, 0) is 120 Å². The summed E-state index contributed by atoms with van der Waals surface area (Å²) in [5, 5.41) is 7.40. The van der Waals surface area contributed by atoms with Gasteiger partial charge in [-0.2, -0.15) is 0 Å². The molecule has 0 amide bonds. The first-order chi connectivity index (χ1) is 29.0. The zero-order valence-corrected chi connectivity index (χ0v) is 32.9. The molecule has 0 atom stereocenters. The van der Waals surface area contributed by atoms with E-state index in [9.17, 15) is 0 Å². The number of benzene rings is 10. The van der Waals surface area contributed by atoms with Gasteiger partial charge in [0.2, 0.25) is 0 Å². The summed E-state index contributed by atoms with van der Waals surface area (Å²) < 4.78 is 6.75. The second-order valence-corrected chi connectivity index (χ2v) is 16.4. The molecule has 2 nitrogen and oxygen atoms in total. The van der Waals surface area contributed by atoms with E-state index in [0.29, 0.717) is 0 Å². The van der Waals surface area contributed by atoms with E-state index in [2.05, 4.69) is 219 Å². The molecular weight excluding hydrogens is 715 g/mol. The van der Waals surface area contributed by atoms with Crippen molar-refractivity contribution >= 4 is 60.5 Å². The highest BCUT2D eigenvalue weighted by Crippen LogP contribution is 2.54. The lowest BCUT2D eigenvalue weighted by molar-refractivity contribution is 0.660. The SMILES string of the molecule is CC1(C)c2cc(N(c3ccc(-c4ccccc4)cc3)c3ccc(-c4ccc5c6ccccc6c6cccc7oc4c5c76)cc3)ccc2-c2c(-c3ccccc3)cccc21. The van der Waals surface area contributed by atoms with E-state index in [1.54, 1.807) is 0 Å². The van der Waals surface area contributed by atoms with Crippen LogP contribution in [0.5, 0.6) is 0 Å². The fraction of sp³-hybridized carbons (Fsp3) is 0.0526. The predicted octanol–water partition coefficient (Wildman–Crippen LogP) is 16.1. The van der Waals surface area contributed by atoms with Crippen molar-refractivity contribution in [2.24, 2.45) is 0 Å². The Hall–Kier alpha value is -7.42. The van der Waals surface area contributed by atoms with E-state index in [0.717, 1.165) is 39.4 Å². The highest BCUT2D eigenvalue weighted by Gasteiger charge is 2.37. The molecule has 0 bridgehead atoms. The average Bonchev–Trinajstić information content (AvgIpc) is 3.80. The molecule has 278 valence electrons. The molecule has 0 saturated carbocycles. The Kier molecular flexibility index (Phi) is 7.31. The lowest BCUT2D eigenvalue weighted by atomic mass is 9.81. The molecular formula is C57H39NO. The maximum atomic E-state index is 6.75. The van der Waals surface area contributed by atoms with E-state index in [1.807, 2.05) is 0 Å². The smallest absolute Gasteiger partial charge is 0.143 e. The molecule has 2 heteroatoms. The maximum absolute atomic E-state index is 6.75. The quantitative estimate of drug-likeness (QED) is 0.157. The number of nitrogens with zero attached hydrogens (tertiary/aromatic N) is 1. The lowest BCUT2D eigenvalue weighted by Gasteiger charge is -2.28. The Morgan fingerprint density at radius 1 is 0.373 bits per heavy atom. The van der Waals surface area contributed by atoms with Crippen LogP contribution < -0.4 is 4.90 Å². The van der Waals surface area contributed by atoms with Crippen molar-refractivity contribution in [1.29, 1.82) is 0 Å². The number of fused-ring (bicyclic) bond motifs is 6. The number of hydrogen-bond donors (Lipinski definition) is 0. The minimum Gasteiger partial charge on any atom is -0.455 e. The topological polar surface area (TPSA) is 16.4 Å². The van der Waals surface area contributed by atoms with Crippen LogP contribution in [0.2, 0.25) is 0 Å². The fourth-order valence-corrected chi connectivity index (χ4v) is 9.99. The zero-order valence-electron chi connectivity index (χ0n) is 32.9. The van der Waals surface area contributed by atoms with Crippen LogP contribution in [0.3, 0.4) is 0 Å². The number of hydrogen-bond acceptors (Lipinski definition) is 2. The zero-order chi connectivity index (χ0) is 39.2. The van der Waals surface area contributed by atoms with E-state index < -0.39 is 0 Å². The van der Waals surface area contributed by atoms with E-state index >= 15 is 0 Å². The number of anilines is 3. The van der Waals surface area contributed by atoms with Crippen LogP contribution in [0.25, 0.3) is 88.0 Å².